The highest BCUT2D eigenvalue weighted by molar-refractivity contribution is 5.93. The fourth-order valence-electron chi connectivity index (χ4n) is 1.75. The van der Waals surface area contributed by atoms with E-state index >= 15 is 0 Å². The second kappa shape index (κ2) is 6.01. The topological polar surface area (TPSA) is 84.3 Å². The molecule has 0 unspecified atom stereocenters. The number of hydrogen-bond acceptors (Lipinski definition) is 5. The highest BCUT2D eigenvalue weighted by Gasteiger charge is 2.10. The molecular formula is C14H15N3O3. The Morgan fingerprint density at radius 3 is 2.90 bits per heavy atom. The van der Waals surface area contributed by atoms with Crippen LogP contribution in [0.2, 0.25) is 0 Å². The average Bonchev–Trinajstić information content (AvgIpc) is 2.45. The predicted octanol–water partition coefficient (Wildman–Crippen LogP) is 2.10. The summed E-state index contributed by atoms with van der Waals surface area (Å²) < 4.78 is 5.04. The summed E-state index contributed by atoms with van der Waals surface area (Å²) in [5.41, 5.74) is 2.39. The Hall–Kier alpha value is -2.63. The molecule has 104 valence electrons. The molecule has 2 aromatic heterocycles. The van der Waals surface area contributed by atoms with Crippen LogP contribution in [-0.4, -0.2) is 28.2 Å². The van der Waals surface area contributed by atoms with E-state index in [1.54, 1.807) is 25.4 Å². The van der Waals surface area contributed by atoms with Crippen LogP contribution >= 0.6 is 0 Å². The van der Waals surface area contributed by atoms with Crippen LogP contribution in [0, 0.1) is 6.92 Å². The molecule has 0 fully saturated rings. The van der Waals surface area contributed by atoms with Gasteiger partial charge in [0.2, 0.25) is 5.88 Å². The molecule has 0 radical (unpaired) electrons. The molecule has 2 aromatic rings. The van der Waals surface area contributed by atoms with Crippen LogP contribution in [0.3, 0.4) is 0 Å². The number of ether oxygens (including phenoxy) is 1. The lowest BCUT2D eigenvalue weighted by Crippen LogP contribution is -2.08. The van der Waals surface area contributed by atoms with Crippen LogP contribution in [0.1, 0.15) is 21.6 Å². The van der Waals surface area contributed by atoms with Crippen molar-refractivity contribution in [2.75, 3.05) is 12.4 Å². The van der Waals surface area contributed by atoms with Crippen LogP contribution in [0.15, 0.2) is 30.6 Å². The van der Waals surface area contributed by atoms with Crippen molar-refractivity contribution >= 4 is 11.7 Å². The number of aromatic nitrogens is 2. The van der Waals surface area contributed by atoms with Gasteiger partial charge in [0.1, 0.15) is 5.56 Å². The SMILES string of the molecule is COc1cc(CNc2cc(C)ncc2C(=O)O)ccn1. The first-order chi connectivity index (χ1) is 9.60. The highest BCUT2D eigenvalue weighted by Crippen LogP contribution is 2.17. The fourth-order valence-corrected chi connectivity index (χ4v) is 1.75. The Kier molecular flexibility index (Phi) is 4.14. The maximum Gasteiger partial charge on any atom is 0.339 e. The predicted molar refractivity (Wildman–Crippen MR) is 74.0 cm³/mol. The van der Waals surface area contributed by atoms with Gasteiger partial charge in [0, 0.05) is 30.7 Å². The molecule has 6 nitrogen and oxygen atoms in total. The Morgan fingerprint density at radius 1 is 1.40 bits per heavy atom. The Morgan fingerprint density at radius 2 is 2.20 bits per heavy atom. The highest BCUT2D eigenvalue weighted by atomic mass is 16.5. The first kappa shape index (κ1) is 13.8. The van der Waals surface area contributed by atoms with Gasteiger partial charge in [0.15, 0.2) is 0 Å². The van der Waals surface area contributed by atoms with E-state index in [9.17, 15) is 4.79 Å². The zero-order valence-electron chi connectivity index (χ0n) is 11.3. The quantitative estimate of drug-likeness (QED) is 0.868. The molecule has 20 heavy (non-hydrogen) atoms. The number of carboxylic acids is 1. The minimum absolute atomic E-state index is 0.150. The number of pyridine rings is 2. The summed E-state index contributed by atoms with van der Waals surface area (Å²) in [5, 5.41) is 12.2. The number of nitrogens with zero attached hydrogens (tertiary/aromatic N) is 2. The molecule has 0 spiro atoms. The molecule has 2 heterocycles. The summed E-state index contributed by atoms with van der Waals surface area (Å²) in [6, 6.07) is 5.34. The van der Waals surface area contributed by atoms with E-state index in [-0.39, 0.29) is 5.56 Å². The average molecular weight is 273 g/mol. The monoisotopic (exact) mass is 273 g/mol. The molecule has 0 bridgehead atoms. The van der Waals surface area contributed by atoms with E-state index in [0.29, 0.717) is 18.1 Å². The van der Waals surface area contributed by atoms with Gasteiger partial charge in [0.05, 0.1) is 12.8 Å². The number of methoxy groups -OCH3 is 1. The second-order valence-electron chi connectivity index (χ2n) is 4.24. The smallest absolute Gasteiger partial charge is 0.339 e. The van der Waals surface area contributed by atoms with Crippen molar-refractivity contribution in [1.29, 1.82) is 0 Å². The zero-order valence-corrected chi connectivity index (χ0v) is 11.3. The van der Waals surface area contributed by atoms with Gasteiger partial charge in [-0.3, -0.25) is 4.98 Å². The second-order valence-corrected chi connectivity index (χ2v) is 4.24. The molecule has 0 saturated heterocycles. The molecule has 0 aliphatic rings. The van der Waals surface area contributed by atoms with E-state index in [0.717, 1.165) is 11.3 Å². The van der Waals surface area contributed by atoms with Gasteiger partial charge in [-0.1, -0.05) is 0 Å². The van der Waals surface area contributed by atoms with E-state index in [4.69, 9.17) is 9.84 Å². The van der Waals surface area contributed by atoms with Gasteiger partial charge in [-0.05, 0) is 24.6 Å². The van der Waals surface area contributed by atoms with Crippen molar-refractivity contribution in [2.24, 2.45) is 0 Å². The van der Waals surface area contributed by atoms with Crippen LogP contribution < -0.4 is 10.1 Å². The molecule has 6 heteroatoms. The zero-order chi connectivity index (χ0) is 14.5. The lowest BCUT2D eigenvalue weighted by Gasteiger charge is -2.10. The number of carbonyl (C=O) groups is 1. The summed E-state index contributed by atoms with van der Waals surface area (Å²) in [6.45, 7) is 2.29. The van der Waals surface area contributed by atoms with Crippen molar-refractivity contribution < 1.29 is 14.6 Å². The summed E-state index contributed by atoms with van der Waals surface area (Å²) >= 11 is 0. The summed E-state index contributed by atoms with van der Waals surface area (Å²) in [7, 11) is 1.55. The lowest BCUT2D eigenvalue weighted by atomic mass is 10.2. The van der Waals surface area contributed by atoms with E-state index in [1.165, 1.54) is 6.20 Å². The van der Waals surface area contributed by atoms with Gasteiger partial charge in [-0.2, -0.15) is 0 Å². The van der Waals surface area contributed by atoms with Gasteiger partial charge < -0.3 is 15.2 Å². The third-order valence-corrected chi connectivity index (χ3v) is 2.76. The number of hydrogen-bond donors (Lipinski definition) is 2. The van der Waals surface area contributed by atoms with Gasteiger partial charge in [-0.15, -0.1) is 0 Å². The van der Waals surface area contributed by atoms with Crippen molar-refractivity contribution in [3.8, 4) is 5.88 Å². The summed E-state index contributed by atoms with van der Waals surface area (Å²) in [4.78, 5) is 19.1. The molecule has 2 rings (SSSR count). The van der Waals surface area contributed by atoms with Crippen LogP contribution in [0.25, 0.3) is 0 Å². The lowest BCUT2D eigenvalue weighted by molar-refractivity contribution is 0.0697. The molecular weight excluding hydrogens is 258 g/mol. The van der Waals surface area contributed by atoms with Crippen LogP contribution in [0.4, 0.5) is 5.69 Å². The largest absolute Gasteiger partial charge is 0.481 e. The molecule has 0 atom stereocenters. The number of rotatable bonds is 5. The van der Waals surface area contributed by atoms with Crippen molar-refractivity contribution in [1.82, 2.24) is 9.97 Å². The molecule has 0 amide bonds. The maximum absolute atomic E-state index is 11.1. The first-order valence-electron chi connectivity index (χ1n) is 6.03. The third-order valence-electron chi connectivity index (χ3n) is 2.76. The van der Waals surface area contributed by atoms with E-state index < -0.39 is 5.97 Å². The van der Waals surface area contributed by atoms with Crippen molar-refractivity contribution in [2.45, 2.75) is 13.5 Å². The fraction of sp³-hybridized carbons (Fsp3) is 0.214. The molecule has 0 saturated carbocycles. The normalized spacial score (nSPS) is 10.1. The van der Waals surface area contributed by atoms with Crippen LogP contribution in [0.5, 0.6) is 5.88 Å². The molecule has 0 aliphatic carbocycles. The van der Waals surface area contributed by atoms with E-state index in [1.807, 2.05) is 13.0 Å². The molecule has 2 N–H and O–H groups in total. The Balaban J connectivity index is 2.17. The summed E-state index contributed by atoms with van der Waals surface area (Å²) in [5.74, 6) is -0.485. The number of anilines is 1. The number of aryl methyl sites for hydroxylation is 1. The van der Waals surface area contributed by atoms with E-state index in [2.05, 4.69) is 15.3 Å². The van der Waals surface area contributed by atoms with Gasteiger partial charge in [-0.25, -0.2) is 9.78 Å². The standard InChI is InChI=1S/C14H15N3O3/c1-9-5-12(11(8-16-9)14(18)19)17-7-10-3-4-15-13(6-10)20-2/h3-6,8H,7H2,1-2H3,(H,16,17)(H,18,19). The third kappa shape index (κ3) is 3.23. The summed E-state index contributed by atoms with van der Waals surface area (Å²) in [6.07, 6.45) is 3.00. The Bertz CT molecular complexity index is 629. The minimum Gasteiger partial charge on any atom is -0.481 e. The molecule has 0 aliphatic heterocycles. The minimum atomic E-state index is -1.01. The van der Waals surface area contributed by atoms with Gasteiger partial charge in [0.25, 0.3) is 0 Å². The Labute approximate surface area is 116 Å². The first-order valence-corrected chi connectivity index (χ1v) is 6.03. The number of nitrogens with one attached hydrogen (secondary N) is 1. The van der Waals surface area contributed by atoms with Gasteiger partial charge >= 0.3 is 5.97 Å². The molecule has 0 aromatic carbocycles. The van der Waals surface area contributed by atoms with Crippen molar-refractivity contribution in [3.05, 3.63) is 47.4 Å². The van der Waals surface area contributed by atoms with Crippen LogP contribution in [-0.2, 0) is 6.54 Å². The number of carboxylic acid groups (broad SMARTS) is 1. The maximum atomic E-state index is 11.1. The van der Waals surface area contributed by atoms with Crippen molar-refractivity contribution in [3.63, 3.8) is 0 Å². The number of aromatic carboxylic acids is 1.